The SMILES string of the molecule is CC(C)c1ccc(C#N)c(C(C)C)c1. The molecule has 14 heavy (non-hydrogen) atoms. The van der Waals surface area contributed by atoms with E-state index in [-0.39, 0.29) is 0 Å². The van der Waals surface area contributed by atoms with Gasteiger partial charge in [0.05, 0.1) is 11.6 Å². The molecule has 1 aromatic rings. The van der Waals surface area contributed by atoms with Crippen LogP contribution in [0.4, 0.5) is 0 Å². The van der Waals surface area contributed by atoms with E-state index in [1.165, 1.54) is 11.1 Å². The van der Waals surface area contributed by atoms with Gasteiger partial charge in [-0.25, -0.2) is 0 Å². The Morgan fingerprint density at radius 1 is 1.07 bits per heavy atom. The van der Waals surface area contributed by atoms with Gasteiger partial charge in [-0.2, -0.15) is 5.26 Å². The molecule has 1 rings (SSSR count). The number of nitriles is 1. The molecule has 1 heteroatoms. The summed E-state index contributed by atoms with van der Waals surface area (Å²) in [5.74, 6) is 0.948. The van der Waals surface area contributed by atoms with Crippen molar-refractivity contribution < 1.29 is 0 Å². The molecule has 0 aliphatic heterocycles. The lowest BCUT2D eigenvalue weighted by Crippen LogP contribution is -1.96. The lowest BCUT2D eigenvalue weighted by atomic mass is 9.92. The summed E-state index contributed by atoms with van der Waals surface area (Å²) >= 11 is 0. The Kier molecular flexibility index (Phi) is 3.30. The standard InChI is InChI=1S/C13H17N/c1-9(2)11-5-6-12(8-14)13(7-11)10(3)4/h5-7,9-10H,1-4H3. The van der Waals surface area contributed by atoms with Gasteiger partial charge in [0, 0.05) is 0 Å². The predicted molar refractivity (Wildman–Crippen MR) is 59.3 cm³/mol. The van der Waals surface area contributed by atoms with E-state index < -0.39 is 0 Å². The number of rotatable bonds is 2. The van der Waals surface area contributed by atoms with E-state index in [9.17, 15) is 0 Å². The topological polar surface area (TPSA) is 23.8 Å². The second-order valence-electron chi connectivity index (χ2n) is 4.27. The summed E-state index contributed by atoms with van der Waals surface area (Å²) in [4.78, 5) is 0. The van der Waals surface area contributed by atoms with Crippen molar-refractivity contribution in [3.05, 3.63) is 34.9 Å². The Bertz CT molecular complexity index is 356. The van der Waals surface area contributed by atoms with E-state index in [1.807, 2.05) is 6.07 Å². The van der Waals surface area contributed by atoms with Crippen LogP contribution in [0.3, 0.4) is 0 Å². The van der Waals surface area contributed by atoms with E-state index in [4.69, 9.17) is 5.26 Å². The molecular formula is C13H17N. The van der Waals surface area contributed by atoms with Gasteiger partial charge in [0.15, 0.2) is 0 Å². The Morgan fingerprint density at radius 2 is 1.71 bits per heavy atom. The summed E-state index contributed by atoms with van der Waals surface area (Å²) in [7, 11) is 0. The summed E-state index contributed by atoms with van der Waals surface area (Å²) < 4.78 is 0. The first-order valence-electron chi connectivity index (χ1n) is 5.10. The Labute approximate surface area is 86.4 Å². The summed E-state index contributed by atoms with van der Waals surface area (Å²) in [5.41, 5.74) is 3.29. The molecule has 0 heterocycles. The zero-order valence-electron chi connectivity index (χ0n) is 9.33. The third-order valence-corrected chi connectivity index (χ3v) is 2.48. The maximum absolute atomic E-state index is 8.95. The van der Waals surface area contributed by atoms with E-state index in [0.29, 0.717) is 11.8 Å². The molecule has 0 N–H and O–H groups in total. The van der Waals surface area contributed by atoms with Crippen LogP contribution in [0.15, 0.2) is 18.2 Å². The van der Waals surface area contributed by atoms with E-state index >= 15 is 0 Å². The molecule has 0 saturated carbocycles. The van der Waals surface area contributed by atoms with Crippen LogP contribution in [-0.4, -0.2) is 0 Å². The molecule has 0 aliphatic rings. The normalized spacial score (nSPS) is 10.6. The maximum Gasteiger partial charge on any atom is 0.0994 e. The highest BCUT2D eigenvalue weighted by atomic mass is 14.3. The summed E-state index contributed by atoms with van der Waals surface area (Å²) in [6.07, 6.45) is 0. The molecule has 1 aromatic carbocycles. The van der Waals surface area contributed by atoms with Crippen LogP contribution < -0.4 is 0 Å². The highest BCUT2D eigenvalue weighted by Crippen LogP contribution is 2.24. The first-order valence-corrected chi connectivity index (χ1v) is 5.10. The third kappa shape index (κ3) is 2.14. The van der Waals surface area contributed by atoms with Crippen LogP contribution in [0, 0.1) is 11.3 Å². The van der Waals surface area contributed by atoms with Crippen molar-refractivity contribution >= 4 is 0 Å². The molecule has 0 saturated heterocycles. The minimum Gasteiger partial charge on any atom is -0.192 e. The predicted octanol–water partition coefficient (Wildman–Crippen LogP) is 3.81. The third-order valence-electron chi connectivity index (χ3n) is 2.48. The van der Waals surface area contributed by atoms with Crippen molar-refractivity contribution in [1.29, 1.82) is 5.26 Å². The minimum atomic E-state index is 0.420. The lowest BCUT2D eigenvalue weighted by Gasteiger charge is -2.12. The van der Waals surface area contributed by atoms with Crippen molar-refractivity contribution in [1.82, 2.24) is 0 Å². The lowest BCUT2D eigenvalue weighted by molar-refractivity contribution is 0.831. The van der Waals surface area contributed by atoms with Crippen molar-refractivity contribution in [3.63, 3.8) is 0 Å². The van der Waals surface area contributed by atoms with E-state index in [2.05, 4.69) is 45.9 Å². The molecule has 74 valence electrons. The molecule has 0 aromatic heterocycles. The second kappa shape index (κ2) is 4.28. The second-order valence-corrected chi connectivity index (χ2v) is 4.27. The van der Waals surface area contributed by atoms with Crippen molar-refractivity contribution in [2.24, 2.45) is 0 Å². The monoisotopic (exact) mass is 187 g/mol. The van der Waals surface area contributed by atoms with E-state index in [0.717, 1.165) is 5.56 Å². The fraction of sp³-hybridized carbons (Fsp3) is 0.462. The number of nitrogens with zero attached hydrogens (tertiary/aromatic N) is 1. The average molecular weight is 187 g/mol. The van der Waals surface area contributed by atoms with Gasteiger partial charge in [0.2, 0.25) is 0 Å². The van der Waals surface area contributed by atoms with Gasteiger partial charge in [-0.15, -0.1) is 0 Å². The van der Waals surface area contributed by atoms with Gasteiger partial charge in [0.25, 0.3) is 0 Å². The fourth-order valence-electron chi connectivity index (χ4n) is 1.52. The van der Waals surface area contributed by atoms with Crippen molar-refractivity contribution in [3.8, 4) is 6.07 Å². The van der Waals surface area contributed by atoms with Crippen LogP contribution in [-0.2, 0) is 0 Å². The minimum absolute atomic E-state index is 0.420. The first-order chi connectivity index (χ1) is 6.56. The van der Waals surface area contributed by atoms with Crippen LogP contribution in [0.25, 0.3) is 0 Å². The Balaban J connectivity index is 3.23. The fourth-order valence-corrected chi connectivity index (χ4v) is 1.52. The quantitative estimate of drug-likeness (QED) is 0.690. The summed E-state index contributed by atoms with van der Waals surface area (Å²) in [6.45, 7) is 8.59. The van der Waals surface area contributed by atoms with Gasteiger partial charge >= 0.3 is 0 Å². The molecule has 0 spiro atoms. The molecule has 0 fully saturated rings. The zero-order chi connectivity index (χ0) is 10.7. The molecule has 0 aliphatic carbocycles. The first kappa shape index (κ1) is 10.8. The van der Waals surface area contributed by atoms with Crippen molar-refractivity contribution in [2.75, 3.05) is 0 Å². The largest absolute Gasteiger partial charge is 0.192 e. The van der Waals surface area contributed by atoms with Gasteiger partial charge in [-0.3, -0.25) is 0 Å². The molecular weight excluding hydrogens is 170 g/mol. The van der Waals surface area contributed by atoms with Crippen LogP contribution in [0.1, 0.15) is 56.2 Å². The molecule has 0 amide bonds. The van der Waals surface area contributed by atoms with Gasteiger partial charge in [-0.05, 0) is 29.0 Å². The molecule has 0 unspecified atom stereocenters. The number of hydrogen-bond donors (Lipinski definition) is 0. The maximum atomic E-state index is 8.95. The molecule has 0 radical (unpaired) electrons. The van der Waals surface area contributed by atoms with Gasteiger partial charge in [-0.1, -0.05) is 39.8 Å². The summed E-state index contributed by atoms with van der Waals surface area (Å²) in [5, 5.41) is 8.95. The zero-order valence-corrected chi connectivity index (χ0v) is 9.33. The number of benzene rings is 1. The smallest absolute Gasteiger partial charge is 0.0994 e. The number of hydrogen-bond acceptors (Lipinski definition) is 1. The average Bonchev–Trinajstić information content (AvgIpc) is 2.16. The van der Waals surface area contributed by atoms with Gasteiger partial charge < -0.3 is 0 Å². The Morgan fingerprint density at radius 3 is 2.14 bits per heavy atom. The summed E-state index contributed by atoms with van der Waals surface area (Å²) in [6, 6.07) is 8.39. The highest BCUT2D eigenvalue weighted by molar-refractivity contribution is 5.42. The van der Waals surface area contributed by atoms with E-state index in [1.54, 1.807) is 0 Å². The van der Waals surface area contributed by atoms with Crippen LogP contribution >= 0.6 is 0 Å². The van der Waals surface area contributed by atoms with Crippen molar-refractivity contribution in [2.45, 2.75) is 39.5 Å². The van der Waals surface area contributed by atoms with Crippen LogP contribution in [0.5, 0.6) is 0 Å². The molecule has 0 bridgehead atoms. The molecule has 1 nitrogen and oxygen atoms in total. The Hall–Kier alpha value is -1.29. The van der Waals surface area contributed by atoms with Gasteiger partial charge in [0.1, 0.15) is 0 Å². The highest BCUT2D eigenvalue weighted by Gasteiger charge is 2.08. The van der Waals surface area contributed by atoms with Crippen LogP contribution in [0.2, 0.25) is 0 Å². The molecule has 0 atom stereocenters.